The highest BCUT2D eigenvalue weighted by Crippen LogP contribution is 2.32. The van der Waals surface area contributed by atoms with E-state index in [1.54, 1.807) is 18.2 Å². The third-order valence-electron chi connectivity index (χ3n) is 5.53. The van der Waals surface area contributed by atoms with Crippen LogP contribution in [0.15, 0.2) is 18.2 Å². The maximum Gasteiger partial charge on any atom is 0.404 e. The summed E-state index contributed by atoms with van der Waals surface area (Å²) in [5.41, 5.74) is 0.879. The Morgan fingerprint density at radius 2 is 1.64 bits per heavy atom. The average Bonchev–Trinajstić information content (AvgIpc) is 2.97. The lowest BCUT2D eigenvalue weighted by atomic mass is 10.1. The van der Waals surface area contributed by atoms with E-state index in [4.69, 9.17) is 19.3 Å². The molecular formula is C23H30N4O9. The molecule has 1 atom stereocenters. The third-order valence-corrected chi connectivity index (χ3v) is 5.53. The lowest BCUT2D eigenvalue weighted by molar-refractivity contribution is -0.131. The van der Waals surface area contributed by atoms with Crippen molar-refractivity contribution >= 4 is 35.4 Å². The molecule has 2 aliphatic heterocycles. The molecule has 5 amide bonds. The number of hydrogen-bond donors (Lipinski definition) is 4. The molecule has 1 fully saturated rings. The van der Waals surface area contributed by atoms with E-state index in [0.29, 0.717) is 51.7 Å². The molecule has 0 radical (unpaired) electrons. The molecular weight excluding hydrogens is 476 g/mol. The van der Waals surface area contributed by atoms with Crippen LogP contribution in [0, 0.1) is 0 Å². The largest absolute Gasteiger partial charge is 0.465 e. The van der Waals surface area contributed by atoms with Gasteiger partial charge in [0.25, 0.3) is 11.8 Å². The molecule has 2 heterocycles. The number of fused-ring (bicyclic) bond motifs is 1. The van der Waals surface area contributed by atoms with Crippen LogP contribution in [0.4, 0.5) is 10.5 Å². The van der Waals surface area contributed by atoms with Gasteiger partial charge >= 0.3 is 6.09 Å². The van der Waals surface area contributed by atoms with Crippen molar-refractivity contribution in [3.05, 3.63) is 29.3 Å². The van der Waals surface area contributed by atoms with Gasteiger partial charge < -0.3 is 30.0 Å². The van der Waals surface area contributed by atoms with Crippen LogP contribution < -0.4 is 16.0 Å². The van der Waals surface area contributed by atoms with Gasteiger partial charge in [0.15, 0.2) is 0 Å². The Hall–Kier alpha value is -3.55. The fourth-order valence-electron chi connectivity index (χ4n) is 3.88. The maximum atomic E-state index is 13.1. The summed E-state index contributed by atoms with van der Waals surface area (Å²) >= 11 is 0. The Bertz CT molecular complexity index is 984. The number of carbonyl (C=O) groups excluding carboxylic acids is 4. The van der Waals surface area contributed by atoms with E-state index in [0.717, 1.165) is 4.90 Å². The first-order valence-corrected chi connectivity index (χ1v) is 11.7. The molecule has 0 bridgehead atoms. The fourth-order valence-corrected chi connectivity index (χ4v) is 3.88. The molecule has 0 spiro atoms. The average molecular weight is 507 g/mol. The predicted molar refractivity (Wildman–Crippen MR) is 125 cm³/mol. The molecule has 0 aromatic heterocycles. The molecule has 196 valence electrons. The predicted octanol–water partition coefficient (Wildman–Crippen LogP) is 0.207. The Balaban J connectivity index is 1.39. The van der Waals surface area contributed by atoms with Crippen LogP contribution in [0.5, 0.6) is 0 Å². The van der Waals surface area contributed by atoms with Gasteiger partial charge in [-0.3, -0.25) is 29.4 Å². The van der Waals surface area contributed by atoms with E-state index >= 15 is 0 Å². The lowest BCUT2D eigenvalue weighted by Gasteiger charge is -2.23. The molecule has 1 unspecified atom stereocenters. The van der Waals surface area contributed by atoms with Gasteiger partial charge in [0.2, 0.25) is 11.8 Å². The monoisotopic (exact) mass is 506 g/mol. The Morgan fingerprint density at radius 1 is 0.972 bits per heavy atom. The number of nitrogens with zero attached hydrogens (tertiary/aromatic N) is 1. The van der Waals surface area contributed by atoms with Crippen molar-refractivity contribution in [1.29, 1.82) is 0 Å². The van der Waals surface area contributed by atoms with Gasteiger partial charge in [0, 0.05) is 25.2 Å². The molecule has 1 aromatic carbocycles. The minimum absolute atomic E-state index is 0.170. The summed E-state index contributed by atoms with van der Waals surface area (Å²) in [6.45, 7) is 2.56. The Kier molecular flexibility index (Phi) is 10.2. The van der Waals surface area contributed by atoms with Gasteiger partial charge in [-0.05, 0) is 25.0 Å². The SMILES string of the molecule is O=C(O)NCCOCCOCCOCCNc1cccc2c1C(=O)N(C1CCCC(=O)NC1=O)C2=O. The molecule has 2 aliphatic rings. The van der Waals surface area contributed by atoms with Crippen molar-refractivity contribution in [3.63, 3.8) is 0 Å². The molecule has 36 heavy (non-hydrogen) atoms. The molecule has 4 N–H and O–H groups in total. The first kappa shape index (κ1) is 27.0. The molecule has 1 saturated heterocycles. The van der Waals surface area contributed by atoms with E-state index in [2.05, 4.69) is 16.0 Å². The second-order valence-corrected chi connectivity index (χ2v) is 8.02. The third kappa shape index (κ3) is 7.23. The number of rotatable bonds is 14. The first-order valence-electron chi connectivity index (χ1n) is 11.7. The quantitative estimate of drug-likeness (QED) is 0.202. The van der Waals surface area contributed by atoms with Crippen molar-refractivity contribution in [2.75, 3.05) is 58.0 Å². The summed E-state index contributed by atoms with van der Waals surface area (Å²) in [7, 11) is 0. The van der Waals surface area contributed by atoms with E-state index < -0.39 is 35.8 Å². The molecule has 13 nitrogen and oxygen atoms in total. The number of imide groups is 2. The van der Waals surface area contributed by atoms with Crippen LogP contribution in [0.1, 0.15) is 40.0 Å². The van der Waals surface area contributed by atoms with Crippen LogP contribution >= 0.6 is 0 Å². The van der Waals surface area contributed by atoms with Gasteiger partial charge in [-0.2, -0.15) is 0 Å². The normalized spacial score (nSPS) is 17.6. The summed E-state index contributed by atoms with van der Waals surface area (Å²) in [5.74, 6) is -2.17. The van der Waals surface area contributed by atoms with Crippen molar-refractivity contribution in [3.8, 4) is 0 Å². The van der Waals surface area contributed by atoms with Crippen LogP contribution in [-0.4, -0.2) is 98.5 Å². The van der Waals surface area contributed by atoms with Gasteiger partial charge in [-0.15, -0.1) is 0 Å². The number of benzene rings is 1. The number of ether oxygens (including phenoxy) is 3. The Labute approximate surface area is 207 Å². The van der Waals surface area contributed by atoms with E-state index in [1.807, 2.05) is 0 Å². The molecule has 0 aliphatic carbocycles. The topological polar surface area (TPSA) is 173 Å². The summed E-state index contributed by atoms with van der Waals surface area (Å²) in [5, 5.41) is 16.0. The minimum atomic E-state index is -1.09. The summed E-state index contributed by atoms with van der Waals surface area (Å²) in [4.78, 5) is 61.3. The van der Waals surface area contributed by atoms with Gasteiger partial charge in [0.05, 0.1) is 50.8 Å². The van der Waals surface area contributed by atoms with Crippen LogP contribution in [-0.2, 0) is 23.8 Å². The van der Waals surface area contributed by atoms with Crippen LogP contribution in [0.3, 0.4) is 0 Å². The van der Waals surface area contributed by atoms with E-state index in [9.17, 15) is 24.0 Å². The van der Waals surface area contributed by atoms with Gasteiger partial charge in [-0.1, -0.05) is 6.07 Å². The summed E-state index contributed by atoms with van der Waals surface area (Å²) in [6, 6.07) is 3.85. The second kappa shape index (κ2) is 13.5. The highest BCUT2D eigenvalue weighted by molar-refractivity contribution is 6.25. The summed E-state index contributed by atoms with van der Waals surface area (Å²) in [6.07, 6.45) is -0.291. The second-order valence-electron chi connectivity index (χ2n) is 8.02. The van der Waals surface area contributed by atoms with Crippen LogP contribution in [0.25, 0.3) is 0 Å². The number of carbonyl (C=O) groups is 5. The van der Waals surface area contributed by atoms with Gasteiger partial charge in [0.1, 0.15) is 6.04 Å². The van der Waals surface area contributed by atoms with Crippen molar-refractivity contribution in [2.45, 2.75) is 25.3 Å². The number of anilines is 1. The first-order chi connectivity index (χ1) is 17.4. The number of amides is 5. The van der Waals surface area contributed by atoms with Crippen molar-refractivity contribution in [1.82, 2.24) is 15.5 Å². The zero-order valence-electron chi connectivity index (χ0n) is 19.7. The summed E-state index contributed by atoms with van der Waals surface area (Å²) < 4.78 is 16.1. The number of hydrogen-bond acceptors (Lipinski definition) is 9. The van der Waals surface area contributed by atoms with E-state index in [1.165, 1.54) is 0 Å². The van der Waals surface area contributed by atoms with Crippen LogP contribution in [0.2, 0.25) is 0 Å². The Morgan fingerprint density at radius 3 is 2.33 bits per heavy atom. The maximum absolute atomic E-state index is 13.1. The highest BCUT2D eigenvalue weighted by Gasteiger charge is 2.44. The smallest absolute Gasteiger partial charge is 0.404 e. The highest BCUT2D eigenvalue weighted by atomic mass is 16.5. The fraction of sp³-hybridized carbons (Fsp3) is 0.522. The van der Waals surface area contributed by atoms with Gasteiger partial charge in [-0.25, -0.2) is 4.79 Å². The van der Waals surface area contributed by atoms with E-state index in [-0.39, 0.29) is 37.1 Å². The number of nitrogens with one attached hydrogen (secondary N) is 3. The molecule has 13 heteroatoms. The molecule has 0 saturated carbocycles. The van der Waals surface area contributed by atoms with Crippen molar-refractivity contribution < 1.29 is 43.3 Å². The van der Waals surface area contributed by atoms with Crippen molar-refractivity contribution in [2.24, 2.45) is 0 Å². The zero-order chi connectivity index (χ0) is 25.9. The molecule has 3 rings (SSSR count). The zero-order valence-corrected chi connectivity index (χ0v) is 19.7. The molecule has 1 aromatic rings. The number of carboxylic acid groups (broad SMARTS) is 1. The lowest BCUT2D eigenvalue weighted by Crippen LogP contribution is -2.49. The standard InChI is InChI=1S/C23H30N4O9/c28-18-6-2-5-17(20(29)26-18)27-21(30)15-3-1-4-16(19(15)22(27)31)24-7-9-34-11-13-36-14-12-35-10-8-25-23(32)33/h1,3-4,17,24-25H,2,5-14H2,(H,32,33)(H,26,28,29). The minimum Gasteiger partial charge on any atom is -0.465 e.